The summed E-state index contributed by atoms with van der Waals surface area (Å²) in [6.07, 6.45) is 1.74. The number of para-hydroxylation sites is 4. The number of carbonyl (C=O) groups excluding carboxylic acids is 1. The molecular weight excluding hydrogens is 474 g/mol. The zero-order valence-corrected chi connectivity index (χ0v) is 20.5. The molecule has 0 atom stereocenters. The summed E-state index contributed by atoms with van der Waals surface area (Å²) in [5.74, 6) is 0.266. The van der Waals surface area contributed by atoms with Crippen molar-refractivity contribution in [1.29, 1.82) is 5.26 Å². The molecule has 1 aromatic heterocycles. The Labute approximate surface area is 211 Å². The van der Waals surface area contributed by atoms with Gasteiger partial charge in [0.15, 0.2) is 5.57 Å². The van der Waals surface area contributed by atoms with Gasteiger partial charge in [0.05, 0.1) is 29.6 Å². The summed E-state index contributed by atoms with van der Waals surface area (Å²) in [6.45, 7) is 2.26. The number of anilines is 1. The second-order valence-electron chi connectivity index (χ2n) is 7.51. The highest BCUT2D eigenvalue weighted by molar-refractivity contribution is 7.07. The van der Waals surface area contributed by atoms with Crippen LogP contribution in [0.3, 0.4) is 0 Å². The summed E-state index contributed by atoms with van der Waals surface area (Å²) in [4.78, 5) is 27.0. The molecule has 0 saturated carbocycles. The van der Waals surface area contributed by atoms with E-state index in [0.717, 1.165) is 16.9 Å². The van der Waals surface area contributed by atoms with Crippen LogP contribution in [0.5, 0.6) is 11.5 Å². The number of thiazole rings is 1. The van der Waals surface area contributed by atoms with Crippen LogP contribution in [0.15, 0.2) is 83.7 Å². The maximum Gasteiger partial charge on any atom is 0.273 e. The average molecular weight is 498 g/mol. The minimum Gasteiger partial charge on any atom is -0.495 e. The molecule has 8 heteroatoms. The molecule has 0 fully saturated rings. The van der Waals surface area contributed by atoms with Gasteiger partial charge in [-0.05, 0) is 42.8 Å². The van der Waals surface area contributed by atoms with Gasteiger partial charge in [0.1, 0.15) is 22.2 Å². The van der Waals surface area contributed by atoms with E-state index in [4.69, 9.17) is 9.47 Å². The van der Waals surface area contributed by atoms with Gasteiger partial charge in [-0.3, -0.25) is 14.2 Å². The highest BCUT2D eigenvalue weighted by Gasteiger charge is 2.20. The zero-order chi connectivity index (χ0) is 25.5. The number of benzene rings is 3. The molecule has 4 aromatic rings. The van der Waals surface area contributed by atoms with Gasteiger partial charge < -0.3 is 14.8 Å². The Balaban J connectivity index is 1.97. The molecule has 0 radical (unpaired) electrons. The van der Waals surface area contributed by atoms with E-state index in [0.29, 0.717) is 34.0 Å². The number of amides is 1. The van der Waals surface area contributed by atoms with Gasteiger partial charge in [0, 0.05) is 0 Å². The third-order valence-corrected chi connectivity index (χ3v) is 6.33. The molecule has 180 valence electrons. The molecule has 0 aliphatic carbocycles. The Bertz CT molecular complexity index is 1610. The Morgan fingerprint density at radius 2 is 1.69 bits per heavy atom. The first-order valence-corrected chi connectivity index (χ1v) is 12.0. The maximum atomic E-state index is 13.6. The number of carbonyl (C=O) groups is 1. The highest BCUT2D eigenvalue weighted by Crippen LogP contribution is 2.24. The molecule has 3 aromatic carbocycles. The van der Waals surface area contributed by atoms with E-state index in [9.17, 15) is 14.9 Å². The number of rotatable bonds is 7. The van der Waals surface area contributed by atoms with Gasteiger partial charge in [-0.1, -0.05) is 54.6 Å². The monoisotopic (exact) mass is 497 g/mol. The van der Waals surface area contributed by atoms with Gasteiger partial charge in [-0.2, -0.15) is 5.26 Å². The summed E-state index contributed by atoms with van der Waals surface area (Å²) in [5, 5.41) is 12.8. The van der Waals surface area contributed by atoms with E-state index in [2.05, 4.69) is 5.32 Å². The lowest BCUT2D eigenvalue weighted by atomic mass is 10.2. The van der Waals surface area contributed by atoms with Crippen LogP contribution in [0, 0.1) is 11.3 Å². The predicted octanol–water partition coefficient (Wildman–Crippen LogP) is 3.45. The Morgan fingerprint density at radius 1 is 1.03 bits per heavy atom. The number of nitriles is 1. The molecule has 0 saturated heterocycles. The van der Waals surface area contributed by atoms with Crippen LogP contribution in [0.1, 0.15) is 12.5 Å². The molecule has 0 aliphatic rings. The number of hydrogen-bond acceptors (Lipinski definition) is 6. The van der Waals surface area contributed by atoms with E-state index in [1.54, 1.807) is 54.6 Å². The molecule has 1 N–H and O–H groups in total. The lowest BCUT2D eigenvalue weighted by molar-refractivity contribution is -0.111. The quantitative estimate of drug-likeness (QED) is 0.422. The predicted molar refractivity (Wildman–Crippen MR) is 141 cm³/mol. The van der Waals surface area contributed by atoms with Gasteiger partial charge in [0.25, 0.3) is 11.5 Å². The van der Waals surface area contributed by atoms with Crippen molar-refractivity contribution in [2.75, 3.05) is 19.0 Å². The summed E-state index contributed by atoms with van der Waals surface area (Å²) >= 11 is 1.07. The van der Waals surface area contributed by atoms with Crippen molar-refractivity contribution in [3.05, 3.63) is 104 Å². The van der Waals surface area contributed by atoms with E-state index >= 15 is 0 Å². The minimum absolute atomic E-state index is 0.195. The molecule has 0 aliphatic heterocycles. The number of ether oxygens (including phenoxy) is 2. The van der Waals surface area contributed by atoms with Gasteiger partial charge in [-0.25, -0.2) is 0 Å². The van der Waals surface area contributed by atoms with E-state index in [-0.39, 0.29) is 15.8 Å². The summed E-state index contributed by atoms with van der Waals surface area (Å²) in [6, 6.07) is 25.3. The summed E-state index contributed by atoms with van der Waals surface area (Å²) in [5.41, 5.74) is 1.11. The summed E-state index contributed by atoms with van der Waals surface area (Å²) < 4.78 is 13.0. The van der Waals surface area contributed by atoms with Crippen LogP contribution in [0.25, 0.3) is 17.3 Å². The van der Waals surface area contributed by atoms with Crippen molar-refractivity contribution in [3.8, 4) is 23.3 Å². The first-order chi connectivity index (χ1) is 17.6. The Kier molecular flexibility index (Phi) is 7.63. The number of aromatic nitrogens is 1. The summed E-state index contributed by atoms with van der Waals surface area (Å²) in [7, 11) is 1.50. The van der Waals surface area contributed by atoms with Gasteiger partial charge in [-0.15, -0.1) is 11.3 Å². The topological polar surface area (TPSA) is 93.4 Å². The molecule has 7 nitrogen and oxygen atoms in total. The fraction of sp³-hybridized carbons (Fsp3) is 0.107. The minimum atomic E-state index is -0.652. The first-order valence-electron chi connectivity index (χ1n) is 11.2. The largest absolute Gasteiger partial charge is 0.495 e. The molecular formula is C28H23N3O4S. The van der Waals surface area contributed by atoms with E-state index < -0.39 is 5.91 Å². The van der Waals surface area contributed by atoms with Crippen LogP contribution in [-0.2, 0) is 4.79 Å². The normalized spacial score (nSPS) is 12.0. The SMILES string of the molecule is CCOc1ccccc1NC(=O)/C(C#N)=c1\s/c(=C\c2ccccc2)c(=O)n1-c1ccccc1OC. The second kappa shape index (κ2) is 11.2. The van der Waals surface area contributed by atoms with Crippen molar-refractivity contribution >= 4 is 34.6 Å². The first kappa shape index (κ1) is 24.5. The van der Waals surface area contributed by atoms with Crippen LogP contribution >= 0.6 is 11.3 Å². The molecule has 0 unspecified atom stereocenters. The Morgan fingerprint density at radius 3 is 2.39 bits per heavy atom. The molecule has 36 heavy (non-hydrogen) atoms. The van der Waals surface area contributed by atoms with Crippen LogP contribution in [0.4, 0.5) is 5.69 Å². The number of hydrogen-bond donors (Lipinski definition) is 1. The molecule has 4 rings (SSSR count). The number of nitrogens with zero attached hydrogens (tertiary/aromatic N) is 2. The lowest BCUT2D eigenvalue weighted by Crippen LogP contribution is -2.32. The van der Waals surface area contributed by atoms with Gasteiger partial charge in [0.2, 0.25) is 0 Å². The standard InChI is InChI=1S/C28H23N3O4S/c1-3-35-23-15-9-7-13-21(23)30-26(32)20(18-29)28-31(22-14-8-10-16-24(22)34-2)27(33)25(36-28)17-19-11-5-4-6-12-19/h4-17H,3H2,1-2H3,(H,30,32)/b25-17-,28-20-. The average Bonchev–Trinajstić information content (AvgIpc) is 3.21. The third-order valence-electron chi connectivity index (χ3n) is 5.23. The number of nitrogens with one attached hydrogen (secondary N) is 1. The van der Waals surface area contributed by atoms with Crippen LogP contribution in [-0.4, -0.2) is 24.2 Å². The van der Waals surface area contributed by atoms with E-state index in [1.807, 2.05) is 43.3 Å². The van der Waals surface area contributed by atoms with Crippen LogP contribution in [0.2, 0.25) is 0 Å². The third kappa shape index (κ3) is 5.06. The Hall–Kier alpha value is -4.61. The fourth-order valence-corrected chi connectivity index (χ4v) is 4.71. The van der Waals surface area contributed by atoms with Gasteiger partial charge >= 0.3 is 0 Å². The second-order valence-corrected chi connectivity index (χ2v) is 8.54. The maximum absolute atomic E-state index is 13.6. The van der Waals surface area contributed by atoms with Crippen molar-refractivity contribution in [1.82, 2.24) is 4.57 Å². The van der Waals surface area contributed by atoms with Crippen molar-refractivity contribution in [2.24, 2.45) is 0 Å². The van der Waals surface area contributed by atoms with Crippen molar-refractivity contribution < 1.29 is 14.3 Å². The van der Waals surface area contributed by atoms with Crippen molar-refractivity contribution in [2.45, 2.75) is 6.92 Å². The fourth-order valence-electron chi connectivity index (χ4n) is 3.62. The zero-order valence-electron chi connectivity index (χ0n) is 19.7. The van der Waals surface area contributed by atoms with Crippen molar-refractivity contribution in [3.63, 3.8) is 0 Å². The number of methoxy groups -OCH3 is 1. The molecule has 0 spiro atoms. The van der Waals surface area contributed by atoms with E-state index in [1.165, 1.54) is 11.7 Å². The van der Waals surface area contributed by atoms with Crippen LogP contribution < -0.4 is 29.5 Å². The smallest absolute Gasteiger partial charge is 0.273 e. The molecule has 0 bridgehead atoms. The molecule has 1 amide bonds. The molecule has 1 heterocycles. The lowest BCUT2D eigenvalue weighted by Gasteiger charge is -2.11. The highest BCUT2D eigenvalue weighted by atomic mass is 32.1.